The first-order chi connectivity index (χ1) is 12.5. The minimum absolute atomic E-state index is 0.0360. The molecule has 0 atom stereocenters. The van der Waals surface area contributed by atoms with Gasteiger partial charge < -0.3 is 14.3 Å². The van der Waals surface area contributed by atoms with Crippen molar-refractivity contribution in [3.8, 4) is 0 Å². The molecule has 0 radical (unpaired) electrons. The molecule has 1 aromatic carbocycles. The smallest absolute Gasteiger partial charge is 0.255 e. The summed E-state index contributed by atoms with van der Waals surface area (Å²) in [4.78, 5) is 32.8. The molecule has 1 aliphatic rings. The molecule has 8 heteroatoms. The average Bonchev–Trinajstić information content (AvgIpc) is 3.07. The molecule has 0 N–H and O–H groups in total. The Kier molecular flexibility index (Phi) is 6.23. The lowest BCUT2D eigenvalue weighted by Gasteiger charge is -2.35. The van der Waals surface area contributed by atoms with E-state index in [9.17, 15) is 9.59 Å². The van der Waals surface area contributed by atoms with Gasteiger partial charge in [0.25, 0.3) is 5.91 Å². The highest BCUT2D eigenvalue weighted by atomic mass is 127. The Labute approximate surface area is 165 Å². The summed E-state index contributed by atoms with van der Waals surface area (Å²) in [5.41, 5.74) is 0.725. The molecule has 7 nitrogen and oxygen atoms in total. The van der Waals surface area contributed by atoms with Gasteiger partial charge in [0.1, 0.15) is 0 Å². The number of piperazine rings is 1. The monoisotopic (exact) mass is 468 g/mol. The molecular weight excluding hydrogens is 447 g/mol. The van der Waals surface area contributed by atoms with Gasteiger partial charge in [0.05, 0.1) is 5.56 Å². The summed E-state index contributed by atoms with van der Waals surface area (Å²) < 4.78 is 6.00. The Hall–Kier alpha value is -1.97. The number of benzene rings is 1. The van der Waals surface area contributed by atoms with Gasteiger partial charge in [-0.3, -0.25) is 9.59 Å². The Morgan fingerprint density at radius 3 is 2.50 bits per heavy atom. The molecule has 138 valence electrons. The van der Waals surface area contributed by atoms with E-state index in [2.05, 4.69) is 32.7 Å². The zero-order chi connectivity index (χ0) is 18.5. The van der Waals surface area contributed by atoms with Crippen LogP contribution >= 0.6 is 22.6 Å². The van der Waals surface area contributed by atoms with Crippen LogP contribution in [0.4, 0.5) is 0 Å². The van der Waals surface area contributed by atoms with Gasteiger partial charge in [-0.05, 0) is 48.1 Å². The molecular formula is C18H21IN4O3. The highest BCUT2D eigenvalue weighted by Crippen LogP contribution is 2.16. The quantitative estimate of drug-likeness (QED) is 0.630. The molecule has 26 heavy (non-hydrogen) atoms. The number of aryl methyl sites for hydroxylation is 2. The summed E-state index contributed by atoms with van der Waals surface area (Å²) in [6, 6.07) is 7.57. The van der Waals surface area contributed by atoms with E-state index in [0.717, 1.165) is 9.13 Å². The second-order valence-electron chi connectivity index (χ2n) is 6.24. The SMILES string of the molecule is Cc1noc(CCCC(=O)N2CCN(C(=O)c3ccccc3I)CC2)n1. The summed E-state index contributed by atoms with van der Waals surface area (Å²) >= 11 is 2.18. The fourth-order valence-corrected chi connectivity index (χ4v) is 3.57. The Bertz CT molecular complexity index is 784. The summed E-state index contributed by atoms with van der Waals surface area (Å²) in [5.74, 6) is 1.33. The van der Waals surface area contributed by atoms with Crippen LogP contribution in [0, 0.1) is 10.5 Å². The fourth-order valence-electron chi connectivity index (χ4n) is 2.95. The van der Waals surface area contributed by atoms with Crippen LogP contribution in [0.2, 0.25) is 0 Å². The van der Waals surface area contributed by atoms with Crippen LogP contribution in [-0.2, 0) is 11.2 Å². The number of nitrogens with zero attached hydrogens (tertiary/aromatic N) is 4. The number of carbonyl (C=O) groups excluding carboxylic acids is 2. The van der Waals surface area contributed by atoms with E-state index in [1.807, 2.05) is 34.1 Å². The normalized spacial score (nSPS) is 14.5. The van der Waals surface area contributed by atoms with Crippen molar-refractivity contribution in [2.45, 2.75) is 26.2 Å². The Morgan fingerprint density at radius 2 is 1.85 bits per heavy atom. The van der Waals surface area contributed by atoms with Gasteiger partial charge in [-0.1, -0.05) is 17.3 Å². The number of carbonyl (C=O) groups is 2. The first-order valence-corrected chi connectivity index (χ1v) is 9.73. The third kappa shape index (κ3) is 4.60. The second-order valence-corrected chi connectivity index (χ2v) is 7.40. The molecule has 2 amide bonds. The molecule has 0 unspecified atom stereocenters. The number of rotatable bonds is 5. The van der Waals surface area contributed by atoms with Gasteiger partial charge in [-0.2, -0.15) is 4.98 Å². The highest BCUT2D eigenvalue weighted by molar-refractivity contribution is 14.1. The van der Waals surface area contributed by atoms with Crippen LogP contribution < -0.4 is 0 Å². The predicted molar refractivity (Wildman–Crippen MR) is 104 cm³/mol. The van der Waals surface area contributed by atoms with Crippen molar-refractivity contribution in [3.63, 3.8) is 0 Å². The third-order valence-corrected chi connectivity index (χ3v) is 5.32. The minimum atomic E-state index is 0.0360. The van der Waals surface area contributed by atoms with Gasteiger partial charge in [-0.15, -0.1) is 0 Å². The average molecular weight is 468 g/mol. The second kappa shape index (κ2) is 8.61. The minimum Gasteiger partial charge on any atom is -0.339 e. The van der Waals surface area contributed by atoms with E-state index in [4.69, 9.17) is 4.52 Å². The van der Waals surface area contributed by atoms with Crippen LogP contribution in [0.5, 0.6) is 0 Å². The van der Waals surface area contributed by atoms with Crippen molar-refractivity contribution in [1.29, 1.82) is 0 Å². The molecule has 0 saturated carbocycles. The summed E-state index contributed by atoms with van der Waals surface area (Å²) in [5, 5.41) is 3.74. The van der Waals surface area contributed by atoms with E-state index in [0.29, 0.717) is 57.2 Å². The van der Waals surface area contributed by atoms with Crippen molar-refractivity contribution in [2.75, 3.05) is 26.2 Å². The molecule has 0 bridgehead atoms. The molecule has 2 aromatic rings. The van der Waals surface area contributed by atoms with E-state index in [1.165, 1.54) is 0 Å². The standard InChI is InChI=1S/C18H21IN4O3/c1-13-20-16(26-21-13)7-4-8-17(24)22-9-11-23(12-10-22)18(25)14-5-2-3-6-15(14)19/h2-3,5-6H,4,7-12H2,1H3. The number of aromatic nitrogens is 2. The number of halogens is 1. The van der Waals surface area contributed by atoms with Gasteiger partial charge in [0.15, 0.2) is 5.82 Å². The zero-order valence-corrected chi connectivity index (χ0v) is 16.8. The Balaban J connectivity index is 1.45. The number of hydrogen-bond acceptors (Lipinski definition) is 5. The maximum atomic E-state index is 12.6. The largest absolute Gasteiger partial charge is 0.339 e. The molecule has 1 aliphatic heterocycles. The lowest BCUT2D eigenvalue weighted by Crippen LogP contribution is -2.50. The topological polar surface area (TPSA) is 79.5 Å². The van der Waals surface area contributed by atoms with Gasteiger partial charge in [0, 0.05) is 42.6 Å². The van der Waals surface area contributed by atoms with Crippen LogP contribution in [0.1, 0.15) is 34.9 Å². The van der Waals surface area contributed by atoms with Crippen molar-refractivity contribution in [3.05, 3.63) is 45.1 Å². The maximum Gasteiger partial charge on any atom is 0.255 e. The summed E-state index contributed by atoms with van der Waals surface area (Å²) in [6.45, 7) is 4.06. The molecule has 0 spiro atoms. The van der Waals surface area contributed by atoms with Crippen molar-refractivity contribution in [2.24, 2.45) is 0 Å². The first kappa shape index (κ1) is 18.8. The molecule has 1 aromatic heterocycles. The lowest BCUT2D eigenvalue weighted by molar-refractivity contribution is -0.132. The van der Waals surface area contributed by atoms with Crippen LogP contribution in [0.15, 0.2) is 28.8 Å². The van der Waals surface area contributed by atoms with Gasteiger partial charge in [-0.25, -0.2) is 0 Å². The zero-order valence-electron chi connectivity index (χ0n) is 14.7. The van der Waals surface area contributed by atoms with E-state index >= 15 is 0 Å². The van der Waals surface area contributed by atoms with Gasteiger partial charge >= 0.3 is 0 Å². The predicted octanol–water partition coefficient (Wildman–Crippen LogP) is 2.29. The van der Waals surface area contributed by atoms with E-state index in [1.54, 1.807) is 6.92 Å². The molecule has 1 fully saturated rings. The highest BCUT2D eigenvalue weighted by Gasteiger charge is 2.25. The van der Waals surface area contributed by atoms with E-state index < -0.39 is 0 Å². The number of hydrogen-bond donors (Lipinski definition) is 0. The van der Waals surface area contributed by atoms with Crippen LogP contribution in [0.3, 0.4) is 0 Å². The number of amides is 2. The van der Waals surface area contributed by atoms with Crippen molar-refractivity contribution >= 4 is 34.4 Å². The van der Waals surface area contributed by atoms with Crippen LogP contribution in [0.25, 0.3) is 0 Å². The van der Waals surface area contributed by atoms with E-state index in [-0.39, 0.29) is 11.8 Å². The third-order valence-electron chi connectivity index (χ3n) is 4.37. The summed E-state index contributed by atoms with van der Waals surface area (Å²) in [7, 11) is 0. The fraction of sp³-hybridized carbons (Fsp3) is 0.444. The summed E-state index contributed by atoms with van der Waals surface area (Å²) in [6.07, 6.45) is 1.74. The maximum absolute atomic E-state index is 12.6. The first-order valence-electron chi connectivity index (χ1n) is 8.65. The Morgan fingerprint density at radius 1 is 1.15 bits per heavy atom. The molecule has 0 aliphatic carbocycles. The molecule has 3 rings (SSSR count). The molecule has 1 saturated heterocycles. The lowest BCUT2D eigenvalue weighted by atomic mass is 10.1. The van der Waals surface area contributed by atoms with Gasteiger partial charge in [0.2, 0.25) is 11.8 Å². The van der Waals surface area contributed by atoms with Crippen molar-refractivity contribution < 1.29 is 14.1 Å². The molecule has 2 heterocycles. The van der Waals surface area contributed by atoms with Crippen LogP contribution in [-0.4, -0.2) is 57.9 Å². The van der Waals surface area contributed by atoms with Crippen molar-refractivity contribution in [1.82, 2.24) is 19.9 Å².